The summed E-state index contributed by atoms with van der Waals surface area (Å²) >= 11 is 0. The van der Waals surface area contributed by atoms with Crippen LogP contribution in [-0.4, -0.2) is 22.8 Å². The zero-order valence-corrected chi connectivity index (χ0v) is 10.8. The van der Waals surface area contributed by atoms with Crippen molar-refractivity contribution in [3.05, 3.63) is 0 Å². The first-order valence-corrected chi connectivity index (χ1v) is 7.64. The molecule has 1 saturated heterocycles. The van der Waals surface area contributed by atoms with Gasteiger partial charge in [-0.25, -0.2) is 0 Å². The molecule has 0 N–H and O–H groups in total. The average Bonchev–Trinajstić information content (AvgIpc) is 3.05. The topological polar surface area (TPSA) is 37.4 Å². The Bertz CT molecular complexity index is 371. The van der Waals surface area contributed by atoms with Gasteiger partial charge in [0.05, 0.1) is 11.8 Å². The summed E-state index contributed by atoms with van der Waals surface area (Å²) in [7, 11) is 0. The highest BCUT2D eigenvalue weighted by Crippen LogP contribution is 2.56. The molecule has 0 aromatic heterocycles. The van der Waals surface area contributed by atoms with Crippen molar-refractivity contribution in [3.8, 4) is 0 Å². The van der Waals surface area contributed by atoms with Crippen molar-refractivity contribution >= 4 is 11.8 Å². The van der Waals surface area contributed by atoms with E-state index in [1.165, 1.54) is 32.1 Å². The zero-order chi connectivity index (χ0) is 12.3. The molecular weight excluding hydrogens is 226 g/mol. The van der Waals surface area contributed by atoms with Crippen LogP contribution in [0.2, 0.25) is 0 Å². The van der Waals surface area contributed by atoms with E-state index in [4.69, 9.17) is 0 Å². The highest BCUT2D eigenvalue weighted by molar-refractivity contribution is 6.06. The van der Waals surface area contributed by atoms with Crippen molar-refractivity contribution in [1.82, 2.24) is 4.90 Å². The van der Waals surface area contributed by atoms with Gasteiger partial charge in [0.1, 0.15) is 0 Å². The summed E-state index contributed by atoms with van der Waals surface area (Å²) in [5, 5.41) is 0. The Hall–Kier alpha value is -0.860. The molecule has 0 radical (unpaired) electrons. The molecule has 2 amide bonds. The quantitative estimate of drug-likeness (QED) is 0.667. The molecule has 3 saturated carbocycles. The van der Waals surface area contributed by atoms with E-state index in [0.717, 1.165) is 19.3 Å². The maximum Gasteiger partial charge on any atom is 0.233 e. The molecule has 3 aliphatic carbocycles. The molecule has 1 aliphatic heterocycles. The Morgan fingerprint density at radius 2 is 1.33 bits per heavy atom. The Labute approximate surface area is 108 Å². The molecule has 0 spiro atoms. The lowest BCUT2D eigenvalue weighted by atomic mass is 9.81. The molecule has 4 aliphatic rings. The minimum atomic E-state index is 0.0816. The number of hydrogen-bond donors (Lipinski definition) is 0. The van der Waals surface area contributed by atoms with Gasteiger partial charge in [-0.15, -0.1) is 0 Å². The van der Waals surface area contributed by atoms with E-state index < -0.39 is 0 Å². The number of hydrogen-bond acceptors (Lipinski definition) is 2. The van der Waals surface area contributed by atoms with Crippen LogP contribution >= 0.6 is 0 Å². The Balaban J connectivity index is 1.62. The zero-order valence-electron chi connectivity index (χ0n) is 10.8. The van der Waals surface area contributed by atoms with Crippen molar-refractivity contribution in [2.24, 2.45) is 23.7 Å². The fraction of sp³-hybridized carbons (Fsp3) is 0.867. The fourth-order valence-corrected chi connectivity index (χ4v) is 5.13. The van der Waals surface area contributed by atoms with Gasteiger partial charge in [0.15, 0.2) is 0 Å². The van der Waals surface area contributed by atoms with Crippen molar-refractivity contribution in [2.75, 3.05) is 0 Å². The minimum absolute atomic E-state index is 0.0816. The van der Waals surface area contributed by atoms with Crippen LogP contribution in [0.5, 0.6) is 0 Å². The van der Waals surface area contributed by atoms with Gasteiger partial charge in [0.25, 0.3) is 0 Å². The monoisotopic (exact) mass is 247 g/mol. The van der Waals surface area contributed by atoms with Crippen LogP contribution in [0.4, 0.5) is 0 Å². The summed E-state index contributed by atoms with van der Waals surface area (Å²) in [5.74, 6) is 1.62. The van der Waals surface area contributed by atoms with Crippen LogP contribution < -0.4 is 0 Å². The summed E-state index contributed by atoms with van der Waals surface area (Å²) in [6.07, 6.45) is 9.25. The van der Waals surface area contributed by atoms with E-state index in [1.807, 2.05) is 0 Å². The third-order valence-electron chi connectivity index (χ3n) is 5.90. The number of carbonyl (C=O) groups is 2. The Morgan fingerprint density at radius 1 is 0.778 bits per heavy atom. The molecular formula is C15H21NO2. The summed E-state index contributed by atoms with van der Waals surface area (Å²) in [6.45, 7) is 0. The first kappa shape index (κ1) is 11.0. The van der Waals surface area contributed by atoms with Gasteiger partial charge in [-0.2, -0.15) is 0 Å². The molecule has 1 heterocycles. The third-order valence-corrected chi connectivity index (χ3v) is 5.90. The molecule has 2 bridgehead atoms. The van der Waals surface area contributed by atoms with E-state index in [9.17, 15) is 9.59 Å². The molecule has 4 atom stereocenters. The Kier molecular flexibility index (Phi) is 2.33. The number of fused-ring (bicyclic) bond motifs is 5. The normalized spacial score (nSPS) is 43.9. The molecule has 0 aromatic carbocycles. The maximum absolute atomic E-state index is 12.6. The van der Waals surface area contributed by atoms with E-state index in [1.54, 1.807) is 4.90 Å². The third kappa shape index (κ3) is 1.31. The van der Waals surface area contributed by atoms with Crippen LogP contribution in [0.25, 0.3) is 0 Å². The predicted molar refractivity (Wildman–Crippen MR) is 66.5 cm³/mol. The van der Waals surface area contributed by atoms with E-state index in [-0.39, 0.29) is 29.7 Å². The molecule has 98 valence electrons. The van der Waals surface area contributed by atoms with Crippen LogP contribution in [0.1, 0.15) is 51.4 Å². The minimum Gasteiger partial charge on any atom is -0.279 e. The van der Waals surface area contributed by atoms with Crippen molar-refractivity contribution < 1.29 is 9.59 Å². The van der Waals surface area contributed by atoms with E-state index in [0.29, 0.717) is 11.8 Å². The van der Waals surface area contributed by atoms with E-state index >= 15 is 0 Å². The van der Waals surface area contributed by atoms with Gasteiger partial charge in [0, 0.05) is 6.04 Å². The van der Waals surface area contributed by atoms with E-state index in [2.05, 4.69) is 0 Å². The second-order valence-electron chi connectivity index (χ2n) is 6.72. The summed E-state index contributed by atoms with van der Waals surface area (Å²) < 4.78 is 0. The summed E-state index contributed by atoms with van der Waals surface area (Å²) in [6, 6.07) is 0.240. The largest absolute Gasteiger partial charge is 0.279 e. The van der Waals surface area contributed by atoms with Gasteiger partial charge in [-0.05, 0) is 43.9 Å². The highest BCUT2D eigenvalue weighted by atomic mass is 16.2. The SMILES string of the molecule is O=C1[C@@H]2[C@H]3CC[C@@H](C3)[C@H]2C(=O)N1C1CCCCC1. The Morgan fingerprint density at radius 3 is 1.89 bits per heavy atom. The van der Waals surface area contributed by atoms with Gasteiger partial charge in [0.2, 0.25) is 11.8 Å². The summed E-state index contributed by atoms with van der Waals surface area (Å²) in [5.41, 5.74) is 0. The first-order chi connectivity index (χ1) is 8.77. The summed E-state index contributed by atoms with van der Waals surface area (Å²) in [4.78, 5) is 26.9. The maximum atomic E-state index is 12.6. The lowest BCUT2D eigenvalue weighted by molar-refractivity contribution is -0.144. The molecule has 4 rings (SSSR count). The van der Waals surface area contributed by atoms with Crippen molar-refractivity contribution in [3.63, 3.8) is 0 Å². The number of nitrogens with zero attached hydrogens (tertiary/aromatic N) is 1. The molecule has 4 fully saturated rings. The van der Waals surface area contributed by atoms with Crippen LogP contribution in [0.15, 0.2) is 0 Å². The molecule has 18 heavy (non-hydrogen) atoms. The lowest BCUT2D eigenvalue weighted by Gasteiger charge is -2.30. The number of rotatable bonds is 1. The first-order valence-electron chi connectivity index (χ1n) is 7.64. The molecule has 3 heteroatoms. The van der Waals surface area contributed by atoms with Gasteiger partial charge in [-0.3, -0.25) is 14.5 Å². The second-order valence-corrected chi connectivity index (χ2v) is 6.72. The standard InChI is InChI=1S/C15H21NO2/c17-14-12-9-6-7-10(8-9)13(12)15(18)16(14)11-4-2-1-3-5-11/h9-13H,1-8H2/t9-,10-,12+,13+/m0/s1. The average molecular weight is 247 g/mol. The lowest BCUT2D eigenvalue weighted by Crippen LogP contribution is -2.42. The van der Waals surface area contributed by atoms with Gasteiger partial charge in [-0.1, -0.05) is 19.3 Å². The van der Waals surface area contributed by atoms with Crippen LogP contribution in [0.3, 0.4) is 0 Å². The number of imide groups is 1. The smallest absolute Gasteiger partial charge is 0.233 e. The fourth-order valence-electron chi connectivity index (χ4n) is 5.13. The van der Waals surface area contributed by atoms with Crippen LogP contribution in [0, 0.1) is 23.7 Å². The van der Waals surface area contributed by atoms with Crippen molar-refractivity contribution in [1.29, 1.82) is 0 Å². The number of likely N-dealkylation sites (tertiary alicyclic amines) is 1. The number of carbonyl (C=O) groups excluding carboxylic acids is 2. The highest BCUT2D eigenvalue weighted by Gasteiger charge is 2.61. The van der Waals surface area contributed by atoms with Crippen LogP contribution in [-0.2, 0) is 9.59 Å². The van der Waals surface area contributed by atoms with Crippen molar-refractivity contribution in [2.45, 2.75) is 57.4 Å². The van der Waals surface area contributed by atoms with Gasteiger partial charge >= 0.3 is 0 Å². The molecule has 0 unspecified atom stereocenters. The molecule has 3 nitrogen and oxygen atoms in total. The second kappa shape index (κ2) is 3.82. The molecule has 0 aromatic rings. The number of amides is 2. The predicted octanol–water partition coefficient (Wildman–Crippen LogP) is 2.35. The van der Waals surface area contributed by atoms with Gasteiger partial charge < -0.3 is 0 Å².